The van der Waals surface area contributed by atoms with E-state index in [2.05, 4.69) is 10.3 Å². The van der Waals surface area contributed by atoms with Gasteiger partial charge in [-0.25, -0.2) is 4.98 Å². The van der Waals surface area contributed by atoms with Crippen molar-refractivity contribution in [2.45, 2.75) is 6.54 Å². The molecular formula is C14H11ClN4O3. The Bertz CT molecular complexity index is 758. The number of hydrogen-bond acceptors (Lipinski definition) is 6. The van der Waals surface area contributed by atoms with Crippen LogP contribution >= 0.6 is 11.6 Å². The predicted octanol–water partition coefficient (Wildman–Crippen LogP) is 3.14. The largest absolute Gasteiger partial charge is 0.496 e. The van der Waals surface area contributed by atoms with Crippen LogP contribution in [0.15, 0.2) is 30.3 Å². The van der Waals surface area contributed by atoms with E-state index in [4.69, 9.17) is 21.6 Å². The molecule has 0 aliphatic heterocycles. The van der Waals surface area contributed by atoms with Gasteiger partial charge in [0.05, 0.1) is 12.0 Å². The van der Waals surface area contributed by atoms with Crippen molar-refractivity contribution in [3.05, 3.63) is 56.7 Å². The van der Waals surface area contributed by atoms with Crippen molar-refractivity contribution in [2.75, 3.05) is 12.4 Å². The first-order chi connectivity index (χ1) is 10.6. The van der Waals surface area contributed by atoms with E-state index in [9.17, 15) is 10.1 Å². The van der Waals surface area contributed by atoms with Crippen LogP contribution in [0.4, 0.5) is 11.5 Å². The molecule has 0 atom stereocenters. The lowest BCUT2D eigenvalue weighted by Crippen LogP contribution is -2.05. The Morgan fingerprint density at radius 1 is 1.45 bits per heavy atom. The zero-order chi connectivity index (χ0) is 16.1. The van der Waals surface area contributed by atoms with Crippen LogP contribution in [0, 0.1) is 21.4 Å². The molecule has 0 amide bonds. The van der Waals surface area contributed by atoms with Crippen molar-refractivity contribution < 1.29 is 9.66 Å². The van der Waals surface area contributed by atoms with E-state index in [0.717, 1.165) is 5.56 Å². The van der Waals surface area contributed by atoms with Crippen LogP contribution < -0.4 is 10.1 Å². The molecule has 2 aromatic rings. The summed E-state index contributed by atoms with van der Waals surface area (Å²) in [6.45, 7) is 0.304. The topological polar surface area (TPSA) is 101 Å². The van der Waals surface area contributed by atoms with Crippen LogP contribution in [0.25, 0.3) is 0 Å². The minimum absolute atomic E-state index is 0.249. The normalized spacial score (nSPS) is 9.86. The van der Waals surface area contributed by atoms with Crippen LogP contribution in [-0.4, -0.2) is 17.0 Å². The number of nitrogens with one attached hydrogen (secondary N) is 1. The van der Waals surface area contributed by atoms with Gasteiger partial charge in [-0.1, -0.05) is 17.7 Å². The molecule has 1 aromatic heterocycles. The van der Waals surface area contributed by atoms with E-state index in [1.165, 1.54) is 19.2 Å². The molecule has 0 aliphatic carbocycles. The fourth-order valence-corrected chi connectivity index (χ4v) is 2.09. The molecule has 0 spiro atoms. The summed E-state index contributed by atoms with van der Waals surface area (Å²) in [5, 5.41) is 23.2. The van der Waals surface area contributed by atoms with Gasteiger partial charge in [-0.15, -0.1) is 0 Å². The van der Waals surface area contributed by atoms with Gasteiger partial charge in [0.15, 0.2) is 0 Å². The number of ether oxygens (including phenoxy) is 1. The SMILES string of the molecule is COc1cccc(Cl)c1CNc1ccc([N+](=O)[O-])c(C#N)n1. The van der Waals surface area contributed by atoms with E-state index in [1.807, 2.05) is 0 Å². The average molecular weight is 319 g/mol. The van der Waals surface area contributed by atoms with E-state index >= 15 is 0 Å². The molecule has 7 nitrogen and oxygen atoms in total. The number of anilines is 1. The predicted molar refractivity (Wildman–Crippen MR) is 80.9 cm³/mol. The Labute approximate surface area is 131 Å². The van der Waals surface area contributed by atoms with Crippen LogP contribution in [0.2, 0.25) is 5.02 Å². The number of hydrogen-bond donors (Lipinski definition) is 1. The molecule has 8 heteroatoms. The number of methoxy groups -OCH3 is 1. The highest BCUT2D eigenvalue weighted by molar-refractivity contribution is 6.31. The summed E-state index contributed by atoms with van der Waals surface area (Å²) in [6.07, 6.45) is 0. The Morgan fingerprint density at radius 2 is 2.23 bits per heavy atom. The van der Waals surface area contributed by atoms with Crippen molar-refractivity contribution in [2.24, 2.45) is 0 Å². The van der Waals surface area contributed by atoms with E-state index in [1.54, 1.807) is 24.3 Å². The van der Waals surface area contributed by atoms with Gasteiger partial charge in [-0.2, -0.15) is 5.26 Å². The maximum absolute atomic E-state index is 10.8. The number of aromatic nitrogens is 1. The second-order valence-electron chi connectivity index (χ2n) is 4.21. The molecule has 0 saturated heterocycles. The molecule has 0 saturated carbocycles. The minimum Gasteiger partial charge on any atom is -0.496 e. The van der Waals surface area contributed by atoms with Crippen molar-refractivity contribution >= 4 is 23.1 Å². The van der Waals surface area contributed by atoms with Gasteiger partial charge in [0.2, 0.25) is 5.69 Å². The second kappa shape index (κ2) is 6.74. The maximum atomic E-state index is 10.8. The van der Waals surface area contributed by atoms with Gasteiger partial charge in [0.25, 0.3) is 0 Å². The zero-order valence-corrected chi connectivity index (χ0v) is 12.3. The smallest absolute Gasteiger partial charge is 0.305 e. The van der Waals surface area contributed by atoms with Crippen LogP contribution in [0.1, 0.15) is 11.3 Å². The summed E-state index contributed by atoms with van der Waals surface area (Å²) in [6, 6.07) is 9.64. The molecule has 1 heterocycles. The lowest BCUT2D eigenvalue weighted by Gasteiger charge is -2.11. The molecular weight excluding hydrogens is 308 g/mol. The number of benzene rings is 1. The number of nitrogens with zero attached hydrogens (tertiary/aromatic N) is 3. The first-order valence-corrected chi connectivity index (χ1v) is 6.55. The molecule has 1 N–H and O–H groups in total. The van der Waals surface area contributed by atoms with Crippen molar-refractivity contribution in [1.29, 1.82) is 5.26 Å². The summed E-state index contributed by atoms with van der Waals surface area (Å²) >= 11 is 6.12. The van der Waals surface area contributed by atoms with Gasteiger partial charge in [-0.3, -0.25) is 10.1 Å². The summed E-state index contributed by atoms with van der Waals surface area (Å²) < 4.78 is 5.22. The second-order valence-corrected chi connectivity index (χ2v) is 4.61. The fraction of sp³-hybridized carbons (Fsp3) is 0.143. The summed E-state index contributed by atoms with van der Waals surface area (Å²) in [7, 11) is 1.53. The molecule has 1 aromatic carbocycles. The molecule has 0 unspecified atom stereocenters. The van der Waals surface area contributed by atoms with Crippen LogP contribution in [0.5, 0.6) is 5.75 Å². The summed E-state index contributed by atoms with van der Waals surface area (Å²) in [5.74, 6) is 0.951. The van der Waals surface area contributed by atoms with Crippen LogP contribution in [-0.2, 0) is 6.54 Å². The Hall–Kier alpha value is -2.85. The number of pyridine rings is 1. The highest BCUT2D eigenvalue weighted by Gasteiger charge is 2.16. The number of nitro groups is 1. The molecule has 0 fully saturated rings. The molecule has 0 bridgehead atoms. The number of nitriles is 1. The monoisotopic (exact) mass is 318 g/mol. The third-order valence-electron chi connectivity index (χ3n) is 2.92. The Morgan fingerprint density at radius 3 is 2.86 bits per heavy atom. The first kappa shape index (κ1) is 15.5. The van der Waals surface area contributed by atoms with E-state index in [-0.39, 0.29) is 11.4 Å². The number of rotatable bonds is 5. The van der Waals surface area contributed by atoms with E-state index < -0.39 is 4.92 Å². The number of halogens is 1. The quantitative estimate of drug-likeness (QED) is 0.671. The first-order valence-electron chi connectivity index (χ1n) is 6.17. The Balaban J connectivity index is 2.23. The van der Waals surface area contributed by atoms with Crippen molar-refractivity contribution in [3.63, 3.8) is 0 Å². The maximum Gasteiger partial charge on any atom is 0.305 e. The van der Waals surface area contributed by atoms with Crippen LogP contribution in [0.3, 0.4) is 0 Å². The van der Waals surface area contributed by atoms with Gasteiger partial charge in [0.1, 0.15) is 17.6 Å². The highest BCUT2D eigenvalue weighted by atomic mass is 35.5. The fourth-order valence-electron chi connectivity index (χ4n) is 1.86. The third-order valence-corrected chi connectivity index (χ3v) is 3.27. The van der Waals surface area contributed by atoms with Gasteiger partial charge < -0.3 is 10.1 Å². The molecule has 0 aliphatic rings. The van der Waals surface area contributed by atoms with Crippen molar-refractivity contribution in [3.8, 4) is 11.8 Å². The molecule has 2 rings (SSSR count). The van der Waals surface area contributed by atoms with Gasteiger partial charge in [0, 0.05) is 23.2 Å². The molecule has 22 heavy (non-hydrogen) atoms. The summed E-state index contributed by atoms with van der Waals surface area (Å²) in [4.78, 5) is 14.0. The van der Waals surface area contributed by atoms with Gasteiger partial charge >= 0.3 is 5.69 Å². The molecule has 112 valence electrons. The van der Waals surface area contributed by atoms with Crippen molar-refractivity contribution in [1.82, 2.24) is 4.98 Å². The third kappa shape index (κ3) is 3.24. The van der Waals surface area contributed by atoms with E-state index in [0.29, 0.717) is 23.1 Å². The summed E-state index contributed by atoms with van der Waals surface area (Å²) in [5.41, 5.74) is 0.148. The molecule has 0 radical (unpaired) electrons. The lowest BCUT2D eigenvalue weighted by molar-refractivity contribution is -0.385. The standard InChI is InChI=1S/C14H11ClN4O3/c1-22-13-4-2-3-10(15)9(13)8-17-14-6-5-12(19(20)21)11(7-16)18-14/h2-6H,8H2,1H3,(H,17,18). The minimum atomic E-state index is -0.646. The van der Waals surface area contributed by atoms with Gasteiger partial charge in [-0.05, 0) is 18.2 Å². The zero-order valence-electron chi connectivity index (χ0n) is 11.5. The lowest BCUT2D eigenvalue weighted by atomic mass is 10.2. The highest BCUT2D eigenvalue weighted by Crippen LogP contribution is 2.27. The Kier molecular flexibility index (Phi) is 4.76. The average Bonchev–Trinajstić information content (AvgIpc) is 2.52.